The normalized spacial score (nSPS) is 14.1. The number of hydrogen-bond donors (Lipinski definition) is 6. The van der Waals surface area contributed by atoms with Gasteiger partial charge in [0, 0.05) is 74.9 Å². The highest BCUT2D eigenvalue weighted by Gasteiger charge is 2.24. The van der Waals surface area contributed by atoms with Crippen molar-refractivity contribution < 1.29 is 33.7 Å². The monoisotopic (exact) mass is 882 g/mol. The van der Waals surface area contributed by atoms with E-state index in [9.17, 15) is 33.8 Å². The Kier molecular flexibility index (Phi) is 15.4. The third kappa shape index (κ3) is 12.4. The average Bonchev–Trinajstić information content (AvgIpc) is 3.31. The van der Waals surface area contributed by atoms with Gasteiger partial charge in [0.05, 0.1) is 23.7 Å². The van der Waals surface area contributed by atoms with E-state index in [4.69, 9.17) is 4.74 Å². The van der Waals surface area contributed by atoms with Gasteiger partial charge in [0.25, 0.3) is 0 Å². The van der Waals surface area contributed by atoms with Crippen LogP contribution in [0.2, 0.25) is 0 Å². The molecule has 1 saturated heterocycles. The molecule has 1 unspecified atom stereocenters. The second-order valence-corrected chi connectivity index (χ2v) is 16.5. The molecular weight excluding hydrogens is 828 g/mol. The Morgan fingerprint density at radius 2 is 1.63 bits per heavy atom. The van der Waals surface area contributed by atoms with Crippen LogP contribution in [0.15, 0.2) is 126 Å². The van der Waals surface area contributed by atoms with Crippen LogP contribution in [0.1, 0.15) is 54.5 Å². The summed E-state index contributed by atoms with van der Waals surface area (Å²) in [4.78, 5) is 57.1. The van der Waals surface area contributed by atoms with Gasteiger partial charge in [-0.2, -0.15) is 0 Å². The van der Waals surface area contributed by atoms with Gasteiger partial charge in [0.15, 0.2) is 0 Å². The number of aromatic amines is 1. The number of rotatable bonds is 17. The number of benzene rings is 5. The zero-order valence-corrected chi connectivity index (χ0v) is 36.6. The summed E-state index contributed by atoms with van der Waals surface area (Å²) in [5, 5.41) is 30.7. The summed E-state index contributed by atoms with van der Waals surface area (Å²) in [5.41, 5.74) is 5.71. The number of phenols is 1. The lowest BCUT2D eigenvalue weighted by Crippen LogP contribution is -2.40. The van der Waals surface area contributed by atoms with E-state index in [-0.39, 0.29) is 60.3 Å². The van der Waals surface area contributed by atoms with Crippen LogP contribution >= 0.6 is 0 Å². The van der Waals surface area contributed by atoms with Gasteiger partial charge in [-0.05, 0) is 90.4 Å². The van der Waals surface area contributed by atoms with Crippen molar-refractivity contribution in [3.05, 3.63) is 160 Å². The van der Waals surface area contributed by atoms with Crippen molar-refractivity contribution in [1.82, 2.24) is 20.5 Å². The number of fused-ring (bicyclic) bond motifs is 1. The maximum atomic E-state index is 14.9. The van der Waals surface area contributed by atoms with Crippen molar-refractivity contribution in [1.29, 1.82) is 0 Å². The van der Waals surface area contributed by atoms with Crippen LogP contribution in [0.5, 0.6) is 5.75 Å². The number of para-hydroxylation sites is 1. The lowest BCUT2D eigenvalue weighted by Gasteiger charge is -2.31. The molecule has 7 rings (SSSR count). The lowest BCUT2D eigenvalue weighted by atomic mass is 10.0. The minimum Gasteiger partial charge on any atom is -0.506 e. The number of carbonyl (C=O) groups is 3. The molecule has 2 atom stereocenters. The Balaban J connectivity index is 0.802. The first-order valence-corrected chi connectivity index (χ1v) is 21.9. The number of piperidine rings is 1. The predicted molar refractivity (Wildman–Crippen MR) is 250 cm³/mol. The molecular formula is C51H55FN6O7. The van der Waals surface area contributed by atoms with Crippen LogP contribution in [-0.2, 0) is 33.7 Å². The van der Waals surface area contributed by atoms with Crippen LogP contribution in [-0.4, -0.2) is 83.4 Å². The summed E-state index contributed by atoms with van der Waals surface area (Å²) in [7, 11) is 1.75. The molecule has 6 aromatic rings. The number of likely N-dealkylation sites (tertiary alicyclic amines) is 1. The van der Waals surface area contributed by atoms with E-state index >= 15 is 0 Å². The molecule has 1 aromatic heterocycles. The Morgan fingerprint density at radius 1 is 0.908 bits per heavy atom. The zero-order valence-electron chi connectivity index (χ0n) is 36.6. The van der Waals surface area contributed by atoms with Gasteiger partial charge in [-0.25, -0.2) is 9.18 Å². The molecule has 0 aliphatic carbocycles. The fraction of sp³-hybridized carbons (Fsp3) is 0.294. The SMILES string of the molecule is CC(Cc1cc(CC(=O)NCc2ccc(N(C)C(=O)CCN3CCC(OC(=O)Nc4ccccc4-c4ccccc4)CC3)cc2)ccc1F)NC[C@H](O)c1ccc(O)c2[nH]c(=O)ccc12. The molecule has 6 N–H and O–H groups in total. The quantitative estimate of drug-likeness (QED) is 0.0553. The van der Waals surface area contributed by atoms with Gasteiger partial charge in [-0.15, -0.1) is 0 Å². The minimum atomic E-state index is -0.960. The maximum Gasteiger partial charge on any atom is 0.411 e. The van der Waals surface area contributed by atoms with Crippen molar-refractivity contribution in [2.24, 2.45) is 0 Å². The van der Waals surface area contributed by atoms with Crippen molar-refractivity contribution in [3.63, 3.8) is 0 Å². The number of H-pyrrole nitrogens is 1. The fourth-order valence-electron chi connectivity index (χ4n) is 8.12. The van der Waals surface area contributed by atoms with E-state index in [0.29, 0.717) is 60.0 Å². The highest BCUT2D eigenvalue weighted by Crippen LogP contribution is 2.30. The van der Waals surface area contributed by atoms with E-state index in [1.54, 1.807) is 36.2 Å². The molecule has 65 heavy (non-hydrogen) atoms. The summed E-state index contributed by atoms with van der Waals surface area (Å²) in [5.74, 6) is -0.734. The molecule has 0 saturated carbocycles. The molecule has 0 spiro atoms. The number of aromatic hydroxyl groups is 1. The molecule has 14 heteroatoms. The van der Waals surface area contributed by atoms with Crippen LogP contribution in [0.25, 0.3) is 22.0 Å². The summed E-state index contributed by atoms with van der Waals surface area (Å²) in [6.45, 7) is 4.33. The molecule has 338 valence electrons. The number of aliphatic hydroxyl groups excluding tert-OH is 1. The molecule has 1 aliphatic rings. The van der Waals surface area contributed by atoms with E-state index in [0.717, 1.165) is 35.5 Å². The van der Waals surface area contributed by atoms with E-state index in [1.165, 1.54) is 18.2 Å². The van der Waals surface area contributed by atoms with Gasteiger partial charge < -0.3 is 40.4 Å². The first-order valence-electron chi connectivity index (χ1n) is 21.9. The van der Waals surface area contributed by atoms with Gasteiger partial charge in [-0.1, -0.05) is 78.9 Å². The molecule has 1 aliphatic heterocycles. The Morgan fingerprint density at radius 3 is 2.40 bits per heavy atom. The number of pyridine rings is 1. The fourth-order valence-corrected chi connectivity index (χ4v) is 8.12. The highest BCUT2D eigenvalue weighted by molar-refractivity contribution is 5.93. The molecule has 5 aromatic carbocycles. The lowest BCUT2D eigenvalue weighted by molar-refractivity contribution is -0.120. The largest absolute Gasteiger partial charge is 0.506 e. The zero-order chi connectivity index (χ0) is 45.9. The van der Waals surface area contributed by atoms with Gasteiger partial charge in [-0.3, -0.25) is 19.7 Å². The number of aliphatic hydroxyl groups is 1. The first-order chi connectivity index (χ1) is 31.4. The average molecular weight is 883 g/mol. The van der Waals surface area contributed by atoms with E-state index in [2.05, 4.69) is 25.8 Å². The second kappa shape index (κ2) is 21.7. The smallest absolute Gasteiger partial charge is 0.411 e. The summed E-state index contributed by atoms with van der Waals surface area (Å²) in [6.07, 6.45) is 0.421. The van der Waals surface area contributed by atoms with Crippen LogP contribution in [0.3, 0.4) is 0 Å². The summed E-state index contributed by atoms with van der Waals surface area (Å²) < 4.78 is 20.7. The minimum absolute atomic E-state index is 0.0234. The first kappa shape index (κ1) is 46.1. The number of nitrogens with one attached hydrogen (secondary N) is 4. The van der Waals surface area contributed by atoms with E-state index in [1.807, 2.05) is 85.8 Å². The molecule has 1 fully saturated rings. The van der Waals surface area contributed by atoms with E-state index < -0.39 is 18.0 Å². The van der Waals surface area contributed by atoms with Gasteiger partial charge in [0.2, 0.25) is 17.4 Å². The van der Waals surface area contributed by atoms with Crippen molar-refractivity contribution in [2.45, 2.75) is 63.8 Å². The van der Waals surface area contributed by atoms with Crippen molar-refractivity contribution in [2.75, 3.05) is 43.4 Å². The third-order valence-electron chi connectivity index (χ3n) is 11.8. The number of nitrogens with zero attached hydrogens (tertiary/aromatic N) is 2. The molecule has 3 amide bonds. The number of anilines is 2. The third-order valence-corrected chi connectivity index (χ3v) is 11.8. The molecule has 0 bridgehead atoms. The number of aromatic nitrogens is 1. The number of ether oxygens (including phenoxy) is 1. The number of hydrogen-bond acceptors (Lipinski definition) is 9. The van der Waals surface area contributed by atoms with Crippen LogP contribution in [0.4, 0.5) is 20.6 Å². The Labute approximate surface area is 377 Å². The Hall–Kier alpha value is -6.87. The van der Waals surface area contributed by atoms with Gasteiger partial charge >= 0.3 is 6.09 Å². The van der Waals surface area contributed by atoms with Crippen molar-refractivity contribution in [3.8, 4) is 16.9 Å². The molecule has 2 heterocycles. The molecule has 13 nitrogen and oxygen atoms in total. The number of halogens is 1. The Bertz CT molecular complexity index is 2650. The maximum absolute atomic E-state index is 14.9. The standard InChI is InChI=1S/C51H55FN6O7/c1-33(53-32-46(60)41-17-20-45(59)50-42(41)18-21-47(61)56-50)28-37-29-35(14-19-43(37)52)30-48(62)54-31-34-12-15-38(16-13-34)57(2)49(63)24-27-58-25-22-39(23-26-58)65-51(64)55-44-11-7-6-10-40(44)36-8-4-3-5-9-36/h3-21,29,33,39,46,53,59-60H,22-28,30-32H2,1-2H3,(H,54,62)(H,55,64)(H,56,61)/t33?,46-/m0/s1. The topological polar surface area (TPSA) is 176 Å². The number of amides is 3. The van der Waals surface area contributed by atoms with Crippen molar-refractivity contribution >= 4 is 40.2 Å². The highest BCUT2D eigenvalue weighted by atomic mass is 19.1. The predicted octanol–water partition coefficient (Wildman–Crippen LogP) is 7.22. The van der Waals surface area contributed by atoms with Crippen LogP contribution < -0.4 is 26.4 Å². The number of carbonyl (C=O) groups excluding carboxylic acids is 3. The molecule has 0 radical (unpaired) electrons. The van der Waals surface area contributed by atoms with Gasteiger partial charge in [0.1, 0.15) is 17.7 Å². The number of phenolic OH excluding ortho intramolecular Hbond substituents is 1. The second-order valence-electron chi connectivity index (χ2n) is 16.5. The summed E-state index contributed by atoms with van der Waals surface area (Å²) >= 11 is 0. The van der Waals surface area contributed by atoms with Crippen LogP contribution in [0, 0.1) is 5.82 Å². The summed E-state index contributed by atoms with van der Waals surface area (Å²) in [6, 6.07) is 35.2.